The number of rotatable bonds is 10. The average molecular weight is 431 g/mol. The molecule has 8 N–H and O–H groups in total. The van der Waals surface area contributed by atoms with Crippen molar-refractivity contribution >= 4 is 25.7 Å². The van der Waals surface area contributed by atoms with Gasteiger partial charge in [0, 0.05) is 6.42 Å². The van der Waals surface area contributed by atoms with Crippen LogP contribution in [0, 0.1) is 0 Å². The summed E-state index contributed by atoms with van der Waals surface area (Å²) in [6.07, 6.45) is -9.94. The molecule has 1 heterocycles. The van der Waals surface area contributed by atoms with Gasteiger partial charge < -0.3 is 45.4 Å². The predicted octanol–water partition coefficient (Wildman–Crippen LogP) is -3.23. The van der Waals surface area contributed by atoms with Crippen LogP contribution in [0.4, 0.5) is 0 Å². The molecule has 0 spiro atoms. The summed E-state index contributed by atoms with van der Waals surface area (Å²) in [5.74, 6) is -3.71. The first-order chi connectivity index (χ1) is 12.8. The molecule has 1 amide bonds. The molecule has 28 heavy (non-hydrogen) atoms. The number of carboxylic acid groups (broad SMARTS) is 2. The van der Waals surface area contributed by atoms with Gasteiger partial charge in [0.25, 0.3) is 0 Å². The first kappa shape index (κ1) is 24.4. The van der Waals surface area contributed by atoms with Gasteiger partial charge in [0.05, 0.1) is 19.1 Å². The van der Waals surface area contributed by atoms with Crippen molar-refractivity contribution in [3.63, 3.8) is 0 Å². The number of aliphatic carboxylic acids is 2. The Hall–Kier alpha value is -1.64. The maximum Gasteiger partial charge on any atom is 0.469 e. The van der Waals surface area contributed by atoms with Crippen LogP contribution in [-0.2, 0) is 28.2 Å². The summed E-state index contributed by atoms with van der Waals surface area (Å²) in [6.45, 7) is -0.857. The van der Waals surface area contributed by atoms with Crippen molar-refractivity contribution in [3.05, 3.63) is 0 Å². The molecule has 0 bridgehead atoms. The number of aliphatic hydroxyl groups excluding tert-OH is 3. The van der Waals surface area contributed by atoms with Crippen molar-refractivity contribution in [1.29, 1.82) is 0 Å². The van der Waals surface area contributed by atoms with Gasteiger partial charge in [0.2, 0.25) is 5.91 Å². The minimum absolute atomic E-state index is 0.398. The number of amides is 1. The number of carbonyl (C=O) groups is 3. The molecule has 1 saturated heterocycles. The van der Waals surface area contributed by atoms with Crippen molar-refractivity contribution in [3.8, 4) is 0 Å². The number of carboxylic acids is 2. The second kappa shape index (κ2) is 10.2. The first-order valence-electron chi connectivity index (χ1n) is 7.95. The quantitative estimate of drug-likeness (QED) is 0.159. The summed E-state index contributed by atoms with van der Waals surface area (Å²) >= 11 is 0. The van der Waals surface area contributed by atoms with Crippen LogP contribution >= 0.6 is 7.82 Å². The van der Waals surface area contributed by atoms with Crippen LogP contribution in [0.3, 0.4) is 0 Å². The lowest BCUT2D eigenvalue weighted by molar-refractivity contribution is -0.228. The van der Waals surface area contributed by atoms with Gasteiger partial charge in [-0.15, -0.1) is 0 Å². The van der Waals surface area contributed by atoms with E-state index in [0.717, 1.165) is 0 Å². The first-order valence-corrected chi connectivity index (χ1v) is 9.48. The molecule has 1 rings (SSSR count). The minimum Gasteiger partial charge on any atom is -0.481 e. The zero-order chi connectivity index (χ0) is 21.6. The highest BCUT2D eigenvalue weighted by atomic mass is 31.2. The molecule has 0 aromatic rings. The molecule has 6 atom stereocenters. The standard InChI is InChI=1S/C13H22NO13P/c15-8(14-5(13(21)22)1-2-9(16)17)3-6-10(18)12(20)11(19)7(27-6)4-26-28(23,24)25/h5-7,10-12,18-20H,1-4H2,(H,14,15)(H,16,17)(H,21,22)(H2,23,24,25). The van der Waals surface area contributed by atoms with Gasteiger partial charge in [-0.05, 0) is 6.42 Å². The molecule has 0 radical (unpaired) electrons. The Morgan fingerprint density at radius 3 is 2.11 bits per heavy atom. The van der Waals surface area contributed by atoms with Crippen LogP contribution in [0.25, 0.3) is 0 Å². The summed E-state index contributed by atoms with van der Waals surface area (Å²) in [5, 5.41) is 49.2. The van der Waals surface area contributed by atoms with E-state index in [9.17, 15) is 34.3 Å². The zero-order valence-corrected chi connectivity index (χ0v) is 15.2. The fourth-order valence-electron chi connectivity index (χ4n) is 2.47. The average Bonchev–Trinajstić information content (AvgIpc) is 2.56. The summed E-state index contributed by atoms with van der Waals surface area (Å²) in [7, 11) is -4.91. The number of phosphoric ester groups is 1. The van der Waals surface area contributed by atoms with Crippen LogP contribution in [-0.4, -0.2) is 96.3 Å². The molecule has 1 aliphatic rings. The van der Waals surface area contributed by atoms with E-state index in [1.54, 1.807) is 0 Å². The highest BCUT2D eigenvalue weighted by molar-refractivity contribution is 7.46. The zero-order valence-electron chi connectivity index (χ0n) is 14.3. The number of ether oxygens (including phenoxy) is 1. The number of aliphatic hydroxyl groups is 3. The van der Waals surface area contributed by atoms with E-state index in [0.29, 0.717) is 0 Å². The largest absolute Gasteiger partial charge is 0.481 e. The molecule has 0 saturated carbocycles. The molecular weight excluding hydrogens is 409 g/mol. The summed E-state index contributed by atoms with van der Waals surface area (Å²) in [5.41, 5.74) is 0. The van der Waals surface area contributed by atoms with Gasteiger partial charge in [-0.1, -0.05) is 0 Å². The van der Waals surface area contributed by atoms with Crippen molar-refractivity contribution in [2.45, 2.75) is 55.8 Å². The molecule has 15 heteroatoms. The SMILES string of the molecule is O=C(O)CCC(NC(=O)CC1OC(COP(=O)(O)O)C(O)C(O)C1O)C(=O)O. The molecule has 1 aliphatic heterocycles. The van der Waals surface area contributed by atoms with Crippen molar-refractivity contribution in [1.82, 2.24) is 5.32 Å². The molecular formula is C13H22NO13P. The lowest BCUT2D eigenvalue weighted by Crippen LogP contribution is -2.59. The third kappa shape index (κ3) is 7.77. The van der Waals surface area contributed by atoms with Crippen molar-refractivity contribution in [2.24, 2.45) is 0 Å². The van der Waals surface area contributed by atoms with Crippen LogP contribution in [0.1, 0.15) is 19.3 Å². The number of hydrogen-bond donors (Lipinski definition) is 8. The van der Waals surface area contributed by atoms with E-state index < -0.39 is 88.1 Å². The normalized spacial score (nSPS) is 29.1. The van der Waals surface area contributed by atoms with Gasteiger partial charge in [-0.3, -0.25) is 14.1 Å². The molecule has 14 nitrogen and oxygen atoms in total. The molecule has 0 aromatic carbocycles. The Kier molecular flexibility index (Phi) is 8.91. The Balaban J connectivity index is 2.73. The van der Waals surface area contributed by atoms with Gasteiger partial charge in [-0.2, -0.15) is 0 Å². The summed E-state index contributed by atoms with van der Waals surface area (Å²) < 4.78 is 20.1. The lowest BCUT2D eigenvalue weighted by atomic mass is 9.93. The van der Waals surface area contributed by atoms with Crippen LogP contribution in [0.2, 0.25) is 0 Å². The Morgan fingerprint density at radius 2 is 1.61 bits per heavy atom. The van der Waals surface area contributed by atoms with Crippen LogP contribution in [0.15, 0.2) is 0 Å². The van der Waals surface area contributed by atoms with E-state index in [1.165, 1.54) is 0 Å². The monoisotopic (exact) mass is 431 g/mol. The van der Waals surface area contributed by atoms with Crippen molar-refractivity contribution < 1.29 is 63.5 Å². The summed E-state index contributed by atoms with van der Waals surface area (Å²) in [6, 6.07) is -1.52. The van der Waals surface area contributed by atoms with Gasteiger partial charge in [0.15, 0.2) is 0 Å². The number of hydrogen-bond acceptors (Lipinski definition) is 9. The number of phosphoric acid groups is 1. The predicted molar refractivity (Wildman–Crippen MR) is 85.7 cm³/mol. The maximum atomic E-state index is 12.0. The smallest absolute Gasteiger partial charge is 0.469 e. The van der Waals surface area contributed by atoms with E-state index in [-0.39, 0.29) is 0 Å². The van der Waals surface area contributed by atoms with Crippen LogP contribution in [0.5, 0.6) is 0 Å². The number of nitrogens with one attached hydrogen (secondary N) is 1. The molecule has 0 aliphatic carbocycles. The highest BCUT2D eigenvalue weighted by Crippen LogP contribution is 2.37. The van der Waals surface area contributed by atoms with Crippen molar-refractivity contribution in [2.75, 3.05) is 6.61 Å². The van der Waals surface area contributed by atoms with Gasteiger partial charge in [-0.25, -0.2) is 9.36 Å². The molecule has 6 unspecified atom stereocenters. The molecule has 0 aromatic heterocycles. The number of carbonyl (C=O) groups excluding carboxylic acids is 1. The third-order valence-electron chi connectivity index (χ3n) is 3.88. The van der Waals surface area contributed by atoms with E-state index in [1.807, 2.05) is 5.32 Å². The fourth-order valence-corrected chi connectivity index (χ4v) is 2.81. The Bertz CT molecular complexity index is 622. The highest BCUT2D eigenvalue weighted by Gasteiger charge is 2.45. The third-order valence-corrected chi connectivity index (χ3v) is 4.37. The topological polar surface area (TPSA) is 240 Å². The molecule has 162 valence electrons. The van der Waals surface area contributed by atoms with Gasteiger partial charge >= 0.3 is 19.8 Å². The van der Waals surface area contributed by atoms with E-state index >= 15 is 0 Å². The Morgan fingerprint density at radius 1 is 1.04 bits per heavy atom. The molecule has 1 fully saturated rings. The minimum atomic E-state index is -4.91. The fraction of sp³-hybridized carbons (Fsp3) is 0.769. The second-order valence-corrected chi connectivity index (χ2v) is 7.31. The summed E-state index contributed by atoms with van der Waals surface area (Å²) in [4.78, 5) is 51.0. The van der Waals surface area contributed by atoms with Crippen LogP contribution < -0.4 is 5.32 Å². The lowest BCUT2D eigenvalue weighted by Gasteiger charge is -2.40. The maximum absolute atomic E-state index is 12.0. The van der Waals surface area contributed by atoms with Gasteiger partial charge in [0.1, 0.15) is 30.5 Å². The van der Waals surface area contributed by atoms with E-state index in [4.69, 9.17) is 24.7 Å². The second-order valence-electron chi connectivity index (χ2n) is 6.07. The Labute approximate surface area is 157 Å². The van der Waals surface area contributed by atoms with E-state index in [2.05, 4.69) is 4.52 Å².